The molecule has 0 bridgehead atoms. The first-order valence-electron chi connectivity index (χ1n) is 7.64. The molecule has 0 aliphatic rings. The van der Waals surface area contributed by atoms with Crippen LogP contribution < -0.4 is 5.32 Å². The first-order valence-corrected chi connectivity index (χ1v) is 8.52. The highest BCUT2D eigenvalue weighted by molar-refractivity contribution is 8.00. The second kappa shape index (κ2) is 7.12. The molecule has 124 valence electrons. The van der Waals surface area contributed by atoms with Crippen LogP contribution in [-0.2, 0) is 11.3 Å². The molecule has 0 spiro atoms. The van der Waals surface area contributed by atoms with E-state index in [4.69, 9.17) is 0 Å². The van der Waals surface area contributed by atoms with Crippen LogP contribution >= 0.6 is 11.8 Å². The van der Waals surface area contributed by atoms with Gasteiger partial charge in [0.2, 0.25) is 5.91 Å². The van der Waals surface area contributed by atoms with Crippen LogP contribution in [0.1, 0.15) is 34.6 Å². The normalized spacial score (nSPS) is 12.9. The number of hydrogen-bond acceptors (Lipinski definition) is 5. The van der Waals surface area contributed by atoms with Gasteiger partial charge in [-0.3, -0.25) is 9.78 Å². The zero-order valence-corrected chi connectivity index (χ0v) is 15.0. The van der Waals surface area contributed by atoms with E-state index in [2.05, 4.69) is 20.5 Å². The molecule has 0 aliphatic heterocycles. The molecule has 1 amide bonds. The highest BCUT2D eigenvalue weighted by Gasteiger charge is 2.23. The molecule has 0 aromatic carbocycles. The van der Waals surface area contributed by atoms with Gasteiger partial charge in [-0.05, 0) is 46.8 Å². The van der Waals surface area contributed by atoms with Crippen LogP contribution in [0.5, 0.6) is 0 Å². The van der Waals surface area contributed by atoms with Crippen molar-refractivity contribution in [3.8, 4) is 11.4 Å². The molecule has 0 fully saturated rings. The lowest BCUT2D eigenvalue weighted by Crippen LogP contribution is -2.44. The van der Waals surface area contributed by atoms with Crippen molar-refractivity contribution in [1.29, 1.82) is 0 Å². The average molecular weight is 333 g/mol. The van der Waals surface area contributed by atoms with Crippen molar-refractivity contribution >= 4 is 17.7 Å². The molecule has 2 heterocycles. The van der Waals surface area contributed by atoms with Gasteiger partial charge >= 0.3 is 0 Å². The van der Waals surface area contributed by atoms with Crippen molar-refractivity contribution < 1.29 is 4.79 Å². The number of carbonyl (C=O) groups is 1. The Kier molecular flexibility index (Phi) is 5.41. The molecule has 2 aromatic rings. The Balaban J connectivity index is 2.18. The van der Waals surface area contributed by atoms with E-state index in [0.717, 1.165) is 23.1 Å². The molecule has 23 heavy (non-hydrogen) atoms. The molecule has 0 saturated heterocycles. The second-order valence-corrected chi connectivity index (χ2v) is 7.59. The Morgan fingerprint density at radius 2 is 1.96 bits per heavy atom. The summed E-state index contributed by atoms with van der Waals surface area (Å²) in [5, 5.41) is 12.0. The van der Waals surface area contributed by atoms with E-state index >= 15 is 0 Å². The van der Waals surface area contributed by atoms with E-state index in [0.29, 0.717) is 0 Å². The maximum atomic E-state index is 12.2. The number of pyridine rings is 1. The van der Waals surface area contributed by atoms with Gasteiger partial charge in [-0.2, -0.15) is 0 Å². The summed E-state index contributed by atoms with van der Waals surface area (Å²) < 4.78 is 2.01. The Labute approximate surface area is 141 Å². The Bertz CT molecular complexity index is 663. The van der Waals surface area contributed by atoms with E-state index in [1.165, 1.54) is 11.8 Å². The minimum Gasteiger partial charge on any atom is -0.351 e. The van der Waals surface area contributed by atoms with Crippen LogP contribution in [-0.4, -0.2) is 36.4 Å². The van der Waals surface area contributed by atoms with E-state index in [9.17, 15) is 4.79 Å². The SMILES string of the molecule is CCn1c(S[C@@H](C)C(=O)NC(C)(C)C)nnc1-c1ccncc1. The summed E-state index contributed by atoms with van der Waals surface area (Å²) in [6.07, 6.45) is 3.46. The van der Waals surface area contributed by atoms with Crippen molar-refractivity contribution in [1.82, 2.24) is 25.1 Å². The second-order valence-electron chi connectivity index (χ2n) is 6.29. The molecule has 7 heteroatoms. The van der Waals surface area contributed by atoms with Crippen molar-refractivity contribution in [2.75, 3.05) is 0 Å². The van der Waals surface area contributed by atoms with Gasteiger partial charge in [0, 0.05) is 30.0 Å². The van der Waals surface area contributed by atoms with Gasteiger partial charge < -0.3 is 9.88 Å². The minimum atomic E-state index is -0.244. The van der Waals surface area contributed by atoms with E-state index in [1.54, 1.807) is 12.4 Å². The largest absolute Gasteiger partial charge is 0.351 e. The quantitative estimate of drug-likeness (QED) is 0.852. The smallest absolute Gasteiger partial charge is 0.233 e. The van der Waals surface area contributed by atoms with Crippen LogP contribution in [0.2, 0.25) is 0 Å². The predicted molar refractivity (Wildman–Crippen MR) is 92.1 cm³/mol. The molecule has 0 radical (unpaired) electrons. The predicted octanol–water partition coefficient (Wildman–Crippen LogP) is 2.76. The van der Waals surface area contributed by atoms with E-state index < -0.39 is 0 Å². The average Bonchev–Trinajstić information content (AvgIpc) is 2.89. The summed E-state index contributed by atoms with van der Waals surface area (Å²) in [6.45, 7) is 10.6. The maximum absolute atomic E-state index is 12.2. The standard InChI is InChI=1S/C16H23N5OS/c1-6-21-13(12-7-9-17-10-8-12)19-20-15(21)23-11(2)14(22)18-16(3,4)5/h7-11H,6H2,1-5H3,(H,18,22)/t11-/m0/s1. The summed E-state index contributed by atoms with van der Waals surface area (Å²) in [4.78, 5) is 16.3. The zero-order chi connectivity index (χ0) is 17.0. The summed E-state index contributed by atoms with van der Waals surface area (Å²) >= 11 is 1.42. The molecule has 1 N–H and O–H groups in total. The lowest BCUT2D eigenvalue weighted by molar-refractivity contribution is -0.121. The third-order valence-corrected chi connectivity index (χ3v) is 4.20. The van der Waals surface area contributed by atoms with Crippen molar-refractivity contribution in [3.63, 3.8) is 0 Å². The number of thioether (sulfide) groups is 1. The number of nitrogens with one attached hydrogen (secondary N) is 1. The highest BCUT2D eigenvalue weighted by atomic mass is 32.2. The molecule has 1 atom stereocenters. The van der Waals surface area contributed by atoms with Crippen LogP contribution in [0, 0.1) is 0 Å². The molecular weight excluding hydrogens is 310 g/mol. The van der Waals surface area contributed by atoms with Crippen molar-refractivity contribution in [2.24, 2.45) is 0 Å². The monoisotopic (exact) mass is 333 g/mol. The summed E-state index contributed by atoms with van der Waals surface area (Å²) in [5.74, 6) is 0.791. The first kappa shape index (κ1) is 17.5. The lowest BCUT2D eigenvalue weighted by Gasteiger charge is -2.22. The third kappa shape index (κ3) is 4.54. The molecule has 0 saturated carbocycles. The summed E-state index contributed by atoms with van der Waals surface area (Å²) in [7, 11) is 0. The van der Waals surface area contributed by atoms with Crippen molar-refractivity contribution in [3.05, 3.63) is 24.5 Å². The highest BCUT2D eigenvalue weighted by Crippen LogP contribution is 2.26. The van der Waals surface area contributed by atoms with E-state index in [-0.39, 0.29) is 16.7 Å². The zero-order valence-electron chi connectivity index (χ0n) is 14.2. The first-order chi connectivity index (χ1) is 10.8. The van der Waals surface area contributed by atoms with Gasteiger partial charge in [0.25, 0.3) is 0 Å². The van der Waals surface area contributed by atoms with Crippen molar-refractivity contribution in [2.45, 2.75) is 57.1 Å². The molecule has 2 aromatic heterocycles. The number of carbonyl (C=O) groups excluding carboxylic acids is 1. The molecule has 6 nitrogen and oxygen atoms in total. The number of hydrogen-bond donors (Lipinski definition) is 1. The summed E-state index contributed by atoms with van der Waals surface area (Å²) in [5.41, 5.74) is 0.722. The minimum absolute atomic E-state index is 0.00128. The maximum Gasteiger partial charge on any atom is 0.233 e. The number of aromatic nitrogens is 4. The van der Waals surface area contributed by atoms with Gasteiger partial charge in [0.1, 0.15) is 0 Å². The van der Waals surface area contributed by atoms with Crippen LogP contribution in [0.15, 0.2) is 29.7 Å². The molecule has 2 rings (SSSR count). The Hall–Kier alpha value is -1.89. The topological polar surface area (TPSA) is 72.7 Å². The number of amides is 1. The van der Waals surface area contributed by atoms with Gasteiger partial charge in [-0.1, -0.05) is 11.8 Å². The van der Waals surface area contributed by atoms with Crippen LogP contribution in [0.3, 0.4) is 0 Å². The lowest BCUT2D eigenvalue weighted by atomic mass is 10.1. The third-order valence-electron chi connectivity index (χ3n) is 3.12. The molecular formula is C16H23N5OS. The summed E-state index contributed by atoms with van der Waals surface area (Å²) in [6, 6.07) is 3.81. The number of rotatable bonds is 5. The number of nitrogens with zero attached hydrogens (tertiary/aromatic N) is 4. The van der Waals surface area contributed by atoms with Gasteiger partial charge in [-0.15, -0.1) is 10.2 Å². The Morgan fingerprint density at radius 3 is 2.52 bits per heavy atom. The van der Waals surface area contributed by atoms with Gasteiger partial charge in [0.05, 0.1) is 5.25 Å². The van der Waals surface area contributed by atoms with Gasteiger partial charge in [-0.25, -0.2) is 0 Å². The molecule has 0 unspecified atom stereocenters. The van der Waals surface area contributed by atoms with Gasteiger partial charge in [0.15, 0.2) is 11.0 Å². The fraction of sp³-hybridized carbons (Fsp3) is 0.500. The Morgan fingerprint density at radius 1 is 1.30 bits per heavy atom. The fourth-order valence-corrected chi connectivity index (χ4v) is 2.97. The van der Waals surface area contributed by atoms with Crippen LogP contribution in [0.25, 0.3) is 11.4 Å². The van der Waals surface area contributed by atoms with Crippen LogP contribution in [0.4, 0.5) is 0 Å². The fourth-order valence-electron chi connectivity index (χ4n) is 2.06. The molecule has 0 aliphatic carbocycles. The van der Waals surface area contributed by atoms with E-state index in [1.807, 2.05) is 51.3 Å².